The Kier molecular flexibility index (Phi) is 7.71. The van der Waals surface area contributed by atoms with Gasteiger partial charge in [-0.1, -0.05) is 0 Å². The van der Waals surface area contributed by atoms with Gasteiger partial charge in [-0.05, 0) is 56.0 Å². The summed E-state index contributed by atoms with van der Waals surface area (Å²) in [5, 5.41) is 2.82. The van der Waals surface area contributed by atoms with E-state index in [9.17, 15) is 18.4 Å². The number of nitrogens with zero attached hydrogens (tertiary/aromatic N) is 1. The molecular formula is C21H29BrF2N2O5S. The zero-order valence-corrected chi connectivity index (χ0v) is 21.0. The van der Waals surface area contributed by atoms with E-state index < -0.39 is 42.6 Å². The fraction of sp³-hybridized carbons (Fsp3) is 0.714. The standard InChI is InChI=1S/C21H29BrF2N2O5S/c1-20(2,3)31-19(28)25-13(14-7-5-6-8-30-14)10-26-11-21(23,24)9-12-15(26)16(18(27)29-4)32-17(12)22/h13-14H,5-11H2,1-4H3,(H,25,28)/t13-,14?/m0/s1. The Morgan fingerprint density at radius 1 is 1.38 bits per heavy atom. The number of ether oxygens (including phenoxy) is 3. The maximum absolute atomic E-state index is 14.7. The quantitative estimate of drug-likeness (QED) is 0.544. The third kappa shape index (κ3) is 6.11. The van der Waals surface area contributed by atoms with Crippen LogP contribution >= 0.6 is 27.3 Å². The largest absolute Gasteiger partial charge is 0.465 e. The van der Waals surface area contributed by atoms with Gasteiger partial charge in [0.15, 0.2) is 0 Å². The van der Waals surface area contributed by atoms with Crippen LogP contribution in [0.4, 0.5) is 19.3 Å². The number of carbonyl (C=O) groups excluding carboxylic acids is 2. The first-order valence-corrected chi connectivity index (χ1v) is 12.1. The number of alkyl halides is 2. The molecule has 0 aliphatic carbocycles. The van der Waals surface area contributed by atoms with Crippen LogP contribution in [0.5, 0.6) is 0 Å². The van der Waals surface area contributed by atoms with Crippen molar-refractivity contribution in [2.24, 2.45) is 0 Å². The number of thiophene rings is 1. The molecule has 2 atom stereocenters. The number of anilines is 1. The Morgan fingerprint density at radius 2 is 2.09 bits per heavy atom. The minimum absolute atomic E-state index is 0.0413. The molecule has 11 heteroatoms. The zero-order chi connectivity index (χ0) is 23.7. The number of carbonyl (C=O) groups is 2. The summed E-state index contributed by atoms with van der Waals surface area (Å²) in [5.41, 5.74) is 0.0857. The van der Waals surface area contributed by atoms with Crippen LogP contribution in [0.15, 0.2) is 3.79 Å². The van der Waals surface area contributed by atoms with Gasteiger partial charge < -0.3 is 24.4 Å². The number of esters is 1. The molecule has 0 saturated carbocycles. The molecule has 0 bridgehead atoms. The van der Waals surface area contributed by atoms with E-state index in [4.69, 9.17) is 14.2 Å². The summed E-state index contributed by atoms with van der Waals surface area (Å²) in [6.45, 7) is 5.26. The Morgan fingerprint density at radius 3 is 2.69 bits per heavy atom. The van der Waals surface area contributed by atoms with Crippen molar-refractivity contribution in [2.75, 3.05) is 31.7 Å². The maximum Gasteiger partial charge on any atom is 0.408 e. The highest BCUT2D eigenvalue weighted by atomic mass is 79.9. The summed E-state index contributed by atoms with van der Waals surface area (Å²) in [6.07, 6.45) is 1.05. The Hall–Kier alpha value is -1.46. The van der Waals surface area contributed by atoms with Gasteiger partial charge in [0.2, 0.25) is 0 Å². The number of nitrogens with one attached hydrogen (secondary N) is 1. The molecule has 1 unspecified atom stereocenters. The van der Waals surface area contributed by atoms with E-state index in [1.165, 1.54) is 12.0 Å². The molecule has 180 valence electrons. The second kappa shape index (κ2) is 9.80. The molecule has 1 aromatic rings. The van der Waals surface area contributed by atoms with Gasteiger partial charge in [0.25, 0.3) is 5.92 Å². The molecule has 1 saturated heterocycles. The minimum atomic E-state index is -2.99. The third-order valence-corrected chi connectivity index (χ3v) is 7.21. The molecule has 0 radical (unpaired) electrons. The molecule has 3 heterocycles. The van der Waals surface area contributed by atoms with E-state index in [-0.39, 0.29) is 17.5 Å². The molecule has 1 aromatic heterocycles. The summed E-state index contributed by atoms with van der Waals surface area (Å²) in [7, 11) is 1.26. The topological polar surface area (TPSA) is 77.1 Å². The van der Waals surface area contributed by atoms with Crippen molar-refractivity contribution >= 4 is 45.0 Å². The molecule has 3 rings (SSSR count). The van der Waals surface area contributed by atoms with Gasteiger partial charge in [0.05, 0.1) is 35.3 Å². The number of alkyl carbamates (subject to hydrolysis) is 1. The molecular weight excluding hydrogens is 510 g/mol. The summed E-state index contributed by atoms with van der Waals surface area (Å²) in [6, 6.07) is -0.601. The first kappa shape index (κ1) is 25.2. The van der Waals surface area contributed by atoms with Crippen LogP contribution in [-0.4, -0.2) is 62.5 Å². The first-order chi connectivity index (χ1) is 14.9. The lowest BCUT2D eigenvalue weighted by Crippen LogP contribution is -2.55. The lowest BCUT2D eigenvalue weighted by molar-refractivity contribution is -0.0160. The van der Waals surface area contributed by atoms with Gasteiger partial charge in [0.1, 0.15) is 10.5 Å². The summed E-state index contributed by atoms with van der Waals surface area (Å²) in [5.74, 6) is -3.58. The third-order valence-electron chi connectivity index (χ3n) is 5.26. The summed E-state index contributed by atoms with van der Waals surface area (Å²) < 4.78 is 45.9. The number of amides is 1. The highest BCUT2D eigenvalue weighted by molar-refractivity contribution is 9.11. The Labute approximate surface area is 198 Å². The normalized spacial score (nSPS) is 21.5. The van der Waals surface area contributed by atoms with Gasteiger partial charge in [-0.15, -0.1) is 11.3 Å². The van der Waals surface area contributed by atoms with Gasteiger partial charge >= 0.3 is 12.1 Å². The average Bonchev–Trinajstić information content (AvgIpc) is 3.01. The number of hydrogen-bond acceptors (Lipinski definition) is 7. The lowest BCUT2D eigenvalue weighted by atomic mass is 9.97. The molecule has 2 aliphatic rings. The van der Waals surface area contributed by atoms with Crippen LogP contribution in [-0.2, 0) is 20.6 Å². The predicted molar refractivity (Wildman–Crippen MR) is 121 cm³/mol. The highest BCUT2D eigenvalue weighted by Gasteiger charge is 2.44. The average molecular weight is 539 g/mol. The van der Waals surface area contributed by atoms with Crippen molar-refractivity contribution in [3.63, 3.8) is 0 Å². The first-order valence-electron chi connectivity index (χ1n) is 10.5. The van der Waals surface area contributed by atoms with Crippen LogP contribution in [0.1, 0.15) is 55.3 Å². The molecule has 7 nitrogen and oxygen atoms in total. The van der Waals surface area contributed by atoms with E-state index in [0.717, 1.165) is 24.2 Å². The van der Waals surface area contributed by atoms with Crippen molar-refractivity contribution in [2.45, 2.75) is 70.1 Å². The van der Waals surface area contributed by atoms with Crippen molar-refractivity contribution < 1.29 is 32.6 Å². The number of hydrogen-bond donors (Lipinski definition) is 1. The monoisotopic (exact) mass is 538 g/mol. The van der Waals surface area contributed by atoms with E-state index in [1.54, 1.807) is 20.8 Å². The molecule has 0 aromatic carbocycles. The fourth-order valence-electron chi connectivity index (χ4n) is 4.01. The van der Waals surface area contributed by atoms with Crippen LogP contribution in [0.2, 0.25) is 0 Å². The van der Waals surface area contributed by atoms with Gasteiger partial charge in [-0.2, -0.15) is 0 Å². The van der Waals surface area contributed by atoms with Crippen molar-refractivity contribution in [3.8, 4) is 0 Å². The Bertz CT molecular complexity index is 852. The van der Waals surface area contributed by atoms with Gasteiger partial charge in [-0.25, -0.2) is 18.4 Å². The maximum atomic E-state index is 14.7. The van der Waals surface area contributed by atoms with Gasteiger partial charge in [-0.3, -0.25) is 0 Å². The molecule has 2 aliphatic heterocycles. The van der Waals surface area contributed by atoms with E-state index >= 15 is 0 Å². The number of methoxy groups -OCH3 is 1. The van der Waals surface area contributed by atoms with Crippen LogP contribution in [0.25, 0.3) is 0 Å². The SMILES string of the molecule is COC(=O)c1sc(Br)c2c1N(C[C@H](NC(=O)OC(C)(C)C)C1CCCCO1)CC(F)(F)C2. The highest BCUT2D eigenvalue weighted by Crippen LogP contribution is 2.46. The van der Waals surface area contributed by atoms with E-state index in [0.29, 0.717) is 28.1 Å². The van der Waals surface area contributed by atoms with Crippen LogP contribution in [0.3, 0.4) is 0 Å². The van der Waals surface area contributed by atoms with Crippen molar-refractivity contribution in [1.82, 2.24) is 5.32 Å². The fourth-order valence-corrected chi connectivity index (χ4v) is 5.81. The van der Waals surface area contributed by atoms with Crippen molar-refractivity contribution in [3.05, 3.63) is 14.2 Å². The smallest absolute Gasteiger partial charge is 0.408 e. The molecule has 1 fully saturated rings. The second-order valence-electron chi connectivity index (χ2n) is 9.09. The van der Waals surface area contributed by atoms with E-state index in [1.807, 2.05) is 0 Å². The Balaban J connectivity index is 1.92. The van der Waals surface area contributed by atoms with Gasteiger partial charge in [0, 0.05) is 25.1 Å². The number of halogens is 3. The molecule has 0 spiro atoms. The lowest BCUT2D eigenvalue weighted by Gasteiger charge is -2.40. The number of fused-ring (bicyclic) bond motifs is 1. The summed E-state index contributed by atoms with van der Waals surface area (Å²) >= 11 is 4.41. The molecule has 1 amide bonds. The summed E-state index contributed by atoms with van der Waals surface area (Å²) in [4.78, 5) is 26.6. The van der Waals surface area contributed by atoms with Crippen LogP contribution in [0, 0.1) is 0 Å². The van der Waals surface area contributed by atoms with E-state index in [2.05, 4.69) is 21.2 Å². The second-order valence-corrected chi connectivity index (χ2v) is 11.4. The molecule has 1 N–H and O–H groups in total. The zero-order valence-electron chi connectivity index (χ0n) is 18.6. The number of rotatable bonds is 5. The van der Waals surface area contributed by atoms with Crippen molar-refractivity contribution in [1.29, 1.82) is 0 Å². The van der Waals surface area contributed by atoms with Crippen LogP contribution < -0.4 is 10.2 Å². The minimum Gasteiger partial charge on any atom is -0.465 e. The predicted octanol–water partition coefficient (Wildman–Crippen LogP) is 4.76. The molecule has 32 heavy (non-hydrogen) atoms.